The Labute approximate surface area is 175 Å². The number of rotatable bonds is 5. The van der Waals surface area contributed by atoms with E-state index in [0.29, 0.717) is 36.0 Å². The van der Waals surface area contributed by atoms with E-state index in [0.717, 1.165) is 17.9 Å². The summed E-state index contributed by atoms with van der Waals surface area (Å²) in [6.45, 7) is 3.28. The van der Waals surface area contributed by atoms with Gasteiger partial charge in [0.15, 0.2) is 0 Å². The lowest BCUT2D eigenvalue weighted by molar-refractivity contribution is -0.134. The molecule has 28 heavy (non-hydrogen) atoms. The summed E-state index contributed by atoms with van der Waals surface area (Å²) in [6, 6.07) is 14.1. The number of carbonyl (C=O) groups is 2. The van der Waals surface area contributed by atoms with Gasteiger partial charge < -0.3 is 10.2 Å². The van der Waals surface area contributed by atoms with E-state index in [-0.39, 0.29) is 11.8 Å². The van der Waals surface area contributed by atoms with E-state index in [4.69, 9.17) is 23.2 Å². The van der Waals surface area contributed by atoms with E-state index in [9.17, 15) is 9.59 Å². The van der Waals surface area contributed by atoms with Crippen LogP contribution < -0.4 is 5.32 Å². The highest BCUT2D eigenvalue weighted by Gasteiger charge is 2.29. The van der Waals surface area contributed by atoms with Crippen molar-refractivity contribution in [3.8, 4) is 0 Å². The number of halogens is 2. The quantitative estimate of drug-likeness (QED) is 0.749. The molecule has 1 aliphatic rings. The molecule has 4 nitrogen and oxygen atoms in total. The van der Waals surface area contributed by atoms with Crippen LogP contribution in [0.25, 0.3) is 0 Å². The first-order valence-corrected chi connectivity index (χ1v) is 10.3. The van der Waals surface area contributed by atoms with Crippen LogP contribution in [0.4, 0.5) is 0 Å². The summed E-state index contributed by atoms with van der Waals surface area (Å²) in [5, 5.41) is 4.08. The lowest BCUT2D eigenvalue weighted by atomic mass is 9.89. The standard InChI is InChI=1S/C22H24Cl2N2O2/c1-2-20(25-21(27)17-4-3-5-19(24)14-17)22(28)26-12-10-16(11-13-26)15-6-8-18(23)9-7-15/h3-9,14,16,20H,2,10-13H2,1H3,(H,25,27). The molecule has 0 aromatic heterocycles. The van der Waals surface area contributed by atoms with Crippen molar-refractivity contribution in [2.75, 3.05) is 13.1 Å². The number of hydrogen-bond acceptors (Lipinski definition) is 2. The maximum Gasteiger partial charge on any atom is 0.251 e. The van der Waals surface area contributed by atoms with Crippen molar-refractivity contribution in [3.05, 3.63) is 69.7 Å². The molecule has 1 N–H and O–H groups in total. The molecule has 0 radical (unpaired) electrons. The molecule has 0 bridgehead atoms. The predicted molar refractivity (Wildman–Crippen MR) is 113 cm³/mol. The second-order valence-electron chi connectivity index (χ2n) is 7.10. The van der Waals surface area contributed by atoms with Crippen molar-refractivity contribution < 1.29 is 9.59 Å². The molecule has 1 unspecified atom stereocenters. The Morgan fingerprint density at radius 1 is 1.07 bits per heavy atom. The molecular weight excluding hydrogens is 395 g/mol. The van der Waals surface area contributed by atoms with Gasteiger partial charge >= 0.3 is 0 Å². The van der Waals surface area contributed by atoms with Crippen molar-refractivity contribution in [1.29, 1.82) is 0 Å². The number of nitrogens with one attached hydrogen (secondary N) is 1. The fourth-order valence-corrected chi connectivity index (χ4v) is 3.91. The minimum Gasteiger partial charge on any atom is -0.341 e. The van der Waals surface area contributed by atoms with Gasteiger partial charge in [-0.3, -0.25) is 9.59 Å². The van der Waals surface area contributed by atoms with Gasteiger partial charge in [0.2, 0.25) is 5.91 Å². The third-order valence-electron chi connectivity index (χ3n) is 5.25. The molecule has 6 heteroatoms. The van der Waals surface area contributed by atoms with Crippen LogP contribution in [-0.2, 0) is 4.79 Å². The summed E-state index contributed by atoms with van der Waals surface area (Å²) in [7, 11) is 0. The molecular formula is C22H24Cl2N2O2. The molecule has 1 atom stereocenters. The predicted octanol–water partition coefficient (Wildman–Crippen LogP) is 4.91. The van der Waals surface area contributed by atoms with Gasteiger partial charge in [0.1, 0.15) is 6.04 Å². The molecule has 148 valence electrons. The van der Waals surface area contributed by atoms with E-state index in [1.54, 1.807) is 24.3 Å². The van der Waals surface area contributed by atoms with Gasteiger partial charge in [-0.2, -0.15) is 0 Å². The number of hydrogen-bond donors (Lipinski definition) is 1. The normalized spacial score (nSPS) is 15.9. The average Bonchev–Trinajstić information content (AvgIpc) is 2.72. The van der Waals surface area contributed by atoms with E-state index in [1.807, 2.05) is 24.0 Å². The van der Waals surface area contributed by atoms with Crippen LogP contribution in [0.2, 0.25) is 10.0 Å². The Hall–Kier alpha value is -2.04. The smallest absolute Gasteiger partial charge is 0.251 e. The first-order valence-electron chi connectivity index (χ1n) is 9.58. The number of benzene rings is 2. The highest BCUT2D eigenvalue weighted by Crippen LogP contribution is 2.29. The minimum atomic E-state index is -0.529. The van der Waals surface area contributed by atoms with Crippen LogP contribution in [0, 0.1) is 0 Å². The molecule has 0 aliphatic carbocycles. The maximum atomic E-state index is 12.9. The van der Waals surface area contributed by atoms with Gasteiger partial charge in [-0.25, -0.2) is 0 Å². The number of carbonyl (C=O) groups excluding carboxylic acids is 2. The fraction of sp³-hybridized carbons (Fsp3) is 0.364. The van der Waals surface area contributed by atoms with E-state index < -0.39 is 6.04 Å². The highest BCUT2D eigenvalue weighted by molar-refractivity contribution is 6.31. The molecule has 2 aromatic carbocycles. The van der Waals surface area contributed by atoms with Gasteiger partial charge in [-0.15, -0.1) is 0 Å². The Morgan fingerprint density at radius 2 is 1.75 bits per heavy atom. The first-order chi connectivity index (χ1) is 13.5. The summed E-state index contributed by atoms with van der Waals surface area (Å²) >= 11 is 11.9. The van der Waals surface area contributed by atoms with Crippen molar-refractivity contribution in [1.82, 2.24) is 10.2 Å². The van der Waals surface area contributed by atoms with Crippen molar-refractivity contribution in [3.63, 3.8) is 0 Å². The largest absolute Gasteiger partial charge is 0.341 e. The molecule has 1 saturated heterocycles. The van der Waals surface area contributed by atoms with Crippen LogP contribution in [0.3, 0.4) is 0 Å². The highest BCUT2D eigenvalue weighted by atomic mass is 35.5. The molecule has 1 aliphatic heterocycles. The molecule has 1 heterocycles. The van der Waals surface area contributed by atoms with Crippen LogP contribution in [0.1, 0.15) is 48.0 Å². The summed E-state index contributed by atoms with van der Waals surface area (Å²) < 4.78 is 0. The maximum absolute atomic E-state index is 12.9. The van der Waals surface area contributed by atoms with Crippen LogP contribution in [0.5, 0.6) is 0 Å². The Balaban J connectivity index is 1.58. The van der Waals surface area contributed by atoms with Gasteiger partial charge in [0.05, 0.1) is 0 Å². The molecule has 0 saturated carbocycles. The van der Waals surface area contributed by atoms with Crippen molar-refractivity contribution >= 4 is 35.0 Å². The second-order valence-corrected chi connectivity index (χ2v) is 7.97. The van der Waals surface area contributed by atoms with E-state index in [1.165, 1.54) is 5.56 Å². The monoisotopic (exact) mass is 418 g/mol. The van der Waals surface area contributed by atoms with Crippen molar-refractivity contribution in [2.45, 2.75) is 38.1 Å². The molecule has 1 fully saturated rings. The Morgan fingerprint density at radius 3 is 2.36 bits per heavy atom. The summed E-state index contributed by atoms with van der Waals surface area (Å²) in [5.74, 6) is 0.133. The summed E-state index contributed by atoms with van der Waals surface area (Å²) in [5.41, 5.74) is 1.72. The van der Waals surface area contributed by atoms with Crippen LogP contribution in [0.15, 0.2) is 48.5 Å². The van der Waals surface area contributed by atoms with Gasteiger partial charge in [-0.1, -0.05) is 48.3 Å². The number of piperidine rings is 1. The Bertz CT molecular complexity index is 831. The minimum absolute atomic E-state index is 0.0209. The molecule has 2 amide bonds. The zero-order valence-corrected chi connectivity index (χ0v) is 17.3. The first kappa shape index (κ1) is 20.7. The van der Waals surface area contributed by atoms with Gasteiger partial charge in [0.25, 0.3) is 5.91 Å². The number of likely N-dealkylation sites (tertiary alicyclic amines) is 1. The van der Waals surface area contributed by atoms with E-state index >= 15 is 0 Å². The topological polar surface area (TPSA) is 49.4 Å². The lowest BCUT2D eigenvalue weighted by Crippen LogP contribution is -2.50. The molecule has 0 spiro atoms. The zero-order valence-electron chi connectivity index (χ0n) is 15.8. The third-order valence-corrected chi connectivity index (χ3v) is 5.73. The van der Waals surface area contributed by atoms with Gasteiger partial charge in [-0.05, 0) is 61.1 Å². The SMILES string of the molecule is CCC(NC(=O)c1cccc(Cl)c1)C(=O)N1CCC(c2ccc(Cl)cc2)CC1. The van der Waals surface area contributed by atoms with Crippen molar-refractivity contribution in [2.24, 2.45) is 0 Å². The third kappa shape index (κ3) is 5.06. The summed E-state index contributed by atoms with van der Waals surface area (Å²) in [4.78, 5) is 27.2. The van der Waals surface area contributed by atoms with E-state index in [2.05, 4.69) is 17.4 Å². The Kier molecular flexibility index (Phi) is 6.97. The number of nitrogens with zero attached hydrogens (tertiary/aromatic N) is 1. The summed E-state index contributed by atoms with van der Waals surface area (Å²) in [6.07, 6.45) is 2.36. The fourth-order valence-electron chi connectivity index (χ4n) is 3.60. The van der Waals surface area contributed by atoms with Crippen LogP contribution >= 0.6 is 23.2 Å². The number of amides is 2. The van der Waals surface area contributed by atoms with Gasteiger partial charge in [0, 0.05) is 28.7 Å². The van der Waals surface area contributed by atoms with Crippen LogP contribution in [-0.4, -0.2) is 35.8 Å². The zero-order chi connectivity index (χ0) is 20.1. The molecule has 2 aromatic rings. The molecule has 3 rings (SSSR count). The lowest BCUT2D eigenvalue weighted by Gasteiger charge is -2.34. The second kappa shape index (κ2) is 9.44. The average molecular weight is 419 g/mol.